The molecule has 1 atom stereocenters. The smallest absolute Gasteiger partial charge is 0.333 e. The SMILES string of the molecule is CCOC(=O)/C=C/OC(C#Cc1ccccc1)c1ccco1. The molecule has 2 rings (SSSR count). The number of furan rings is 1. The molecule has 0 aliphatic carbocycles. The van der Waals surface area contributed by atoms with Crippen LogP contribution in [0.1, 0.15) is 24.4 Å². The van der Waals surface area contributed by atoms with Gasteiger partial charge in [-0.3, -0.25) is 0 Å². The van der Waals surface area contributed by atoms with E-state index in [1.165, 1.54) is 12.3 Å². The molecular formula is C18H16O4. The normalized spacial score (nSPS) is 11.5. The van der Waals surface area contributed by atoms with Crippen molar-refractivity contribution < 1.29 is 18.7 Å². The van der Waals surface area contributed by atoms with Crippen molar-refractivity contribution in [2.24, 2.45) is 0 Å². The van der Waals surface area contributed by atoms with Crippen molar-refractivity contribution >= 4 is 5.97 Å². The van der Waals surface area contributed by atoms with Gasteiger partial charge in [-0.05, 0) is 37.1 Å². The summed E-state index contributed by atoms with van der Waals surface area (Å²) in [7, 11) is 0. The lowest BCUT2D eigenvalue weighted by molar-refractivity contribution is -0.137. The first-order valence-electron chi connectivity index (χ1n) is 6.88. The van der Waals surface area contributed by atoms with Crippen LogP contribution in [0, 0.1) is 11.8 Å². The molecule has 1 aromatic carbocycles. The topological polar surface area (TPSA) is 48.7 Å². The van der Waals surface area contributed by atoms with Gasteiger partial charge in [0.15, 0.2) is 5.76 Å². The average Bonchev–Trinajstić information content (AvgIpc) is 3.06. The Morgan fingerprint density at radius 1 is 1.27 bits per heavy atom. The Labute approximate surface area is 129 Å². The van der Waals surface area contributed by atoms with Gasteiger partial charge in [0.05, 0.1) is 25.2 Å². The molecule has 0 amide bonds. The lowest BCUT2D eigenvalue weighted by Crippen LogP contribution is -2.01. The van der Waals surface area contributed by atoms with E-state index in [4.69, 9.17) is 13.9 Å². The predicted molar refractivity (Wildman–Crippen MR) is 81.6 cm³/mol. The molecule has 0 fully saturated rings. The van der Waals surface area contributed by atoms with Crippen molar-refractivity contribution in [3.8, 4) is 11.8 Å². The van der Waals surface area contributed by atoms with Crippen LogP contribution >= 0.6 is 0 Å². The number of ether oxygens (including phenoxy) is 2. The zero-order valence-corrected chi connectivity index (χ0v) is 12.2. The van der Waals surface area contributed by atoms with Gasteiger partial charge in [0.25, 0.3) is 0 Å². The molecule has 0 saturated heterocycles. The fraction of sp³-hybridized carbons (Fsp3) is 0.167. The van der Waals surface area contributed by atoms with E-state index in [1.54, 1.807) is 25.3 Å². The lowest BCUT2D eigenvalue weighted by atomic mass is 10.2. The molecule has 0 aliphatic rings. The first kappa shape index (κ1) is 15.5. The summed E-state index contributed by atoms with van der Waals surface area (Å²) < 4.78 is 15.6. The van der Waals surface area contributed by atoms with Crippen LogP contribution in [0.25, 0.3) is 0 Å². The Kier molecular flexibility index (Phi) is 5.89. The van der Waals surface area contributed by atoms with E-state index in [-0.39, 0.29) is 0 Å². The Morgan fingerprint density at radius 3 is 2.77 bits per heavy atom. The molecule has 0 radical (unpaired) electrons. The van der Waals surface area contributed by atoms with Crippen molar-refractivity contribution in [2.45, 2.75) is 13.0 Å². The van der Waals surface area contributed by atoms with Crippen LogP contribution in [0.3, 0.4) is 0 Å². The van der Waals surface area contributed by atoms with Crippen molar-refractivity contribution in [2.75, 3.05) is 6.61 Å². The standard InChI is InChI=1S/C18H16O4/c1-2-20-18(19)12-14-22-17(16-9-6-13-21-16)11-10-15-7-4-3-5-8-15/h3-9,12-14,17H,2H2,1H3/b14-12+. The van der Waals surface area contributed by atoms with E-state index in [2.05, 4.69) is 11.8 Å². The van der Waals surface area contributed by atoms with Crippen LogP contribution in [0.5, 0.6) is 0 Å². The molecular weight excluding hydrogens is 280 g/mol. The van der Waals surface area contributed by atoms with Crippen LogP contribution in [0.15, 0.2) is 65.5 Å². The molecule has 112 valence electrons. The first-order chi connectivity index (χ1) is 10.8. The van der Waals surface area contributed by atoms with E-state index >= 15 is 0 Å². The predicted octanol–water partition coefficient (Wildman–Crippen LogP) is 3.47. The van der Waals surface area contributed by atoms with Gasteiger partial charge in [0, 0.05) is 5.56 Å². The highest BCUT2D eigenvalue weighted by Gasteiger charge is 2.11. The minimum Gasteiger partial charge on any atom is -0.477 e. The van der Waals surface area contributed by atoms with Crippen LogP contribution in [0.2, 0.25) is 0 Å². The van der Waals surface area contributed by atoms with Gasteiger partial charge in [-0.2, -0.15) is 0 Å². The van der Waals surface area contributed by atoms with Gasteiger partial charge in [-0.25, -0.2) is 4.79 Å². The summed E-state index contributed by atoms with van der Waals surface area (Å²) in [5.41, 5.74) is 0.872. The third kappa shape index (κ3) is 4.88. The second-order valence-corrected chi connectivity index (χ2v) is 4.22. The second kappa shape index (κ2) is 8.38. The number of carbonyl (C=O) groups is 1. The third-order valence-corrected chi connectivity index (χ3v) is 2.63. The maximum absolute atomic E-state index is 11.2. The van der Waals surface area contributed by atoms with Crippen molar-refractivity contribution in [3.05, 3.63) is 72.4 Å². The zero-order valence-electron chi connectivity index (χ0n) is 12.2. The maximum atomic E-state index is 11.2. The van der Waals surface area contributed by atoms with Crippen LogP contribution < -0.4 is 0 Å². The fourth-order valence-electron chi connectivity index (χ4n) is 1.65. The number of carbonyl (C=O) groups excluding carboxylic acids is 1. The highest BCUT2D eigenvalue weighted by Crippen LogP contribution is 2.17. The van der Waals surface area contributed by atoms with Crippen LogP contribution in [0.4, 0.5) is 0 Å². The summed E-state index contributed by atoms with van der Waals surface area (Å²) in [6.45, 7) is 2.06. The fourth-order valence-corrected chi connectivity index (χ4v) is 1.65. The highest BCUT2D eigenvalue weighted by atomic mass is 16.5. The summed E-state index contributed by atoms with van der Waals surface area (Å²) in [5, 5.41) is 0. The van der Waals surface area contributed by atoms with Gasteiger partial charge < -0.3 is 13.9 Å². The summed E-state index contributed by atoms with van der Waals surface area (Å²) in [6.07, 6.45) is 3.43. The van der Waals surface area contributed by atoms with E-state index < -0.39 is 12.1 Å². The highest BCUT2D eigenvalue weighted by molar-refractivity contribution is 5.81. The van der Waals surface area contributed by atoms with E-state index in [9.17, 15) is 4.79 Å². The average molecular weight is 296 g/mol. The molecule has 4 nitrogen and oxygen atoms in total. The lowest BCUT2D eigenvalue weighted by Gasteiger charge is -2.07. The molecule has 0 N–H and O–H groups in total. The molecule has 22 heavy (non-hydrogen) atoms. The number of hydrogen-bond donors (Lipinski definition) is 0. The summed E-state index contributed by atoms with van der Waals surface area (Å²) in [4.78, 5) is 11.2. The largest absolute Gasteiger partial charge is 0.477 e. The van der Waals surface area contributed by atoms with E-state index in [0.29, 0.717) is 12.4 Å². The monoisotopic (exact) mass is 296 g/mol. The van der Waals surface area contributed by atoms with Crippen LogP contribution in [-0.4, -0.2) is 12.6 Å². The number of benzene rings is 1. The number of rotatable bonds is 5. The number of hydrogen-bond acceptors (Lipinski definition) is 4. The number of esters is 1. The third-order valence-electron chi connectivity index (χ3n) is 2.63. The van der Waals surface area contributed by atoms with Gasteiger partial charge in [0.1, 0.15) is 0 Å². The summed E-state index contributed by atoms with van der Waals surface area (Å²) in [5.74, 6) is 6.09. The van der Waals surface area contributed by atoms with Crippen molar-refractivity contribution in [3.63, 3.8) is 0 Å². The molecule has 0 bridgehead atoms. The van der Waals surface area contributed by atoms with E-state index in [1.807, 2.05) is 30.3 Å². The van der Waals surface area contributed by atoms with E-state index in [0.717, 1.165) is 5.56 Å². The molecule has 0 saturated carbocycles. The molecule has 4 heteroatoms. The first-order valence-corrected chi connectivity index (χ1v) is 6.88. The minimum atomic E-state index is -0.596. The second-order valence-electron chi connectivity index (χ2n) is 4.22. The Bertz CT molecular complexity index is 660. The Morgan fingerprint density at radius 2 is 2.09 bits per heavy atom. The molecule has 2 aromatic rings. The quantitative estimate of drug-likeness (QED) is 0.367. The van der Waals surface area contributed by atoms with Crippen molar-refractivity contribution in [1.29, 1.82) is 0 Å². The zero-order chi connectivity index (χ0) is 15.6. The molecule has 0 aliphatic heterocycles. The van der Waals surface area contributed by atoms with Gasteiger partial charge in [-0.1, -0.05) is 24.1 Å². The maximum Gasteiger partial charge on any atom is 0.333 e. The van der Waals surface area contributed by atoms with Crippen LogP contribution in [-0.2, 0) is 14.3 Å². The Balaban J connectivity index is 2.08. The van der Waals surface area contributed by atoms with Gasteiger partial charge in [-0.15, -0.1) is 0 Å². The van der Waals surface area contributed by atoms with Gasteiger partial charge >= 0.3 is 5.97 Å². The summed E-state index contributed by atoms with van der Waals surface area (Å²) in [6, 6.07) is 13.1. The molecule has 1 aromatic heterocycles. The molecule has 1 heterocycles. The Hall–Kier alpha value is -2.93. The molecule has 0 spiro atoms. The van der Waals surface area contributed by atoms with Crippen molar-refractivity contribution in [1.82, 2.24) is 0 Å². The molecule has 1 unspecified atom stereocenters. The summed E-state index contributed by atoms with van der Waals surface area (Å²) >= 11 is 0. The minimum absolute atomic E-state index is 0.318. The van der Waals surface area contributed by atoms with Gasteiger partial charge in [0.2, 0.25) is 6.10 Å².